The third-order valence-corrected chi connectivity index (χ3v) is 5.61. The van der Waals surface area contributed by atoms with Crippen LogP contribution in [0.4, 0.5) is 0 Å². The third-order valence-electron chi connectivity index (χ3n) is 5.61. The lowest BCUT2D eigenvalue weighted by atomic mass is 10.0. The Balaban J connectivity index is 1.74. The van der Waals surface area contributed by atoms with Gasteiger partial charge in [-0.1, -0.05) is 12.1 Å². The van der Waals surface area contributed by atoms with Gasteiger partial charge in [-0.3, -0.25) is 4.90 Å². The number of hydrogen-bond acceptors (Lipinski definition) is 4. The van der Waals surface area contributed by atoms with Crippen molar-refractivity contribution in [2.75, 3.05) is 27.3 Å². The molecule has 2 aromatic carbocycles. The van der Waals surface area contributed by atoms with E-state index in [-0.39, 0.29) is 0 Å². The van der Waals surface area contributed by atoms with Crippen molar-refractivity contribution < 1.29 is 9.47 Å². The number of rotatable bonds is 5. The summed E-state index contributed by atoms with van der Waals surface area (Å²) >= 11 is 0. The van der Waals surface area contributed by atoms with E-state index in [1.54, 1.807) is 7.11 Å². The molecule has 1 unspecified atom stereocenters. The molecular weight excluding hydrogens is 348 g/mol. The zero-order valence-electron chi connectivity index (χ0n) is 16.9. The van der Waals surface area contributed by atoms with Gasteiger partial charge in [-0.05, 0) is 73.8 Å². The van der Waals surface area contributed by atoms with Crippen LogP contribution in [0.5, 0.6) is 5.75 Å². The van der Waals surface area contributed by atoms with Gasteiger partial charge in [-0.2, -0.15) is 0 Å². The number of benzene rings is 2. The van der Waals surface area contributed by atoms with Crippen LogP contribution in [-0.4, -0.2) is 43.3 Å². The van der Waals surface area contributed by atoms with E-state index in [2.05, 4.69) is 48.2 Å². The number of nitrogens with zero attached hydrogens (tertiary/aromatic N) is 2. The molecule has 0 N–H and O–H groups in total. The first-order chi connectivity index (χ1) is 13.7. The van der Waals surface area contributed by atoms with Gasteiger partial charge in [0.15, 0.2) is 0 Å². The summed E-state index contributed by atoms with van der Waals surface area (Å²) < 4.78 is 10.9. The summed E-state index contributed by atoms with van der Waals surface area (Å²) in [6.45, 7) is 5.08. The zero-order chi connectivity index (χ0) is 19.5. The van der Waals surface area contributed by atoms with Crippen LogP contribution in [0.2, 0.25) is 0 Å². The average molecular weight is 377 g/mol. The van der Waals surface area contributed by atoms with Crippen molar-refractivity contribution in [1.82, 2.24) is 9.88 Å². The second-order valence-corrected chi connectivity index (χ2v) is 7.66. The maximum atomic E-state index is 5.61. The molecular formula is C24H28N2O2. The summed E-state index contributed by atoms with van der Waals surface area (Å²) in [6, 6.07) is 17.0. The number of ether oxygens (including phenoxy) is 2. The average Bonchev–Trinajstić information content (AvgIpc) is 2.73. The molecule has 2 heterocycles. The van der Waals surface area contributed by atoms with E-state index < -0.39 is 0 Å². The third kappa shape index (κ3) is 4.03. The quantitative estimate of drug-likeness (QED) is 0.639. The lowest BCUT2D eigenvalue weighted by Crippen LogP contribution is -2.38. The molecule has 146 valence electrons. The lowest BCUT2D eigenvalue weighted by molar-refractivity contribution is 0.0286. The summed E-state index contributed by atoms with van der Waals surface area (Å²) in [5, 5.41) is 1.19. The molecule has 1 saturated heterocycles. The minimum atomic E-state index is 0.328. The molecule has 1 fully saturated rings. The lowest BCUT2D eigenvalue weighted by Gasteiger charge is -2.32. The molecule has 1 aromatic heterocycles. The molecule has 1 aliphatic rings. The van der Waals surface area contributed by atoms with Crippen molar-refractivity contribution in [3.05, 3.63) is 59.7 Å². The summed E-state index contributed by atoms with van der Waals surface area (Å²) in [5.41, 5.74) is 5.72. The van der Waals surface area contributed by atoms with Crippen LogP contribution in [0.1, 0.15) is 24.0 Å². The van der Waals surface area contributed by atoms with Crippen LogP contribution in [-0.2, 0) is 11.3 Å². The summed E-state index contributed by atoms with van der Waals surface area (Å²) in [5.74, 6) is 0.862. The highest BCUT2D eigenvalue weighted by molar-refractivity contribution is 5.84. The molecule has 1 aliphatic heterocycles. The zero-order valence-corrected chi connectivity index (χ0v) is 16.9. The van der Waals surface area contributed by atoms with Gasteiger partial charge < -0.3 is 9.47 Å². The molecule has 4 rings (SSSR count). The van der Waals surface area contributed by atoms with Crippen LogP contribution in [0.15, 0.2) is 48.5 Å². The fraction of sp³-hybridized carbons (Fsp3) is 0.375. The maximum absolute atomic E-state index is 5.61. The van der Waals surface area contributed by atoms with E-state index in [0.717, 1.165) is 48.6 Å². The molecule has 0 spiro atoms. The predicted molar refractivity (Wildman–Crippen MR) is 114 cm³/mol. The van der Waals surface area contributed by atoms with Crippen molar-refractivity contribution in [2.45, 2.75) is 32.4 Å². The second-order valence-electron chi connectivity index (χ2n) is 7.66. The highest BCUT2D eigenvalue weighted by atomic mass is 16.5. The van der Waals surface area contributed by atoms with Gasteiger partial charge >= 0.3 is 0 Å². The van der Waals surface area contributed by atoms with Gasteiger partial charge in [0.05, 0.1) is 24.4 Å². The number of fused-ring (bicyclic) bond motifs is 1. The number of aryl methyl sites for hydroxylation is 1. The van der Waals surface area contributed by atoms with E-state index in [1.165, 1.54) is 22.9 Å². The molecule has 0 bridgehead atoms. The largest absolute Gasteiger partial charge is 0.497 e. The Morgan fingerprint density at radius 3 is 2.64 bits per heavy atom. The molecule has 0 radical (unpaired) electrons. The first-order valence-corrected chi connectivity index (χ1v) is 9.96. The Hall–Kier alpha value is -2.43. The van der Waals surface area contributed by atoms with Crippen LogP contribution in [0, 0.1) is 6.92 Å². The topological polar surface area (TPSA) is 34.6 Å². The van der Waals surface area contributed by atoms with E-state index in [0.29, 0.717) is 6.10 Å². The summed E-state index contributed by atoms with van der Waals surface area (Å²) in [4.78, 5) is 7.56. The van der Waals surface area contributed by atoms with Gasteiger partial charge in [0.2, 0.25) is 0 Å². The Labute approximate surface area is 167 Å². The van der Waals surface area contributed by atoms with Crippen LogP contribution in [0.25, 0.3) is 22.2 Å². The number of aromatic nitrogens is 1. The van der Waals surface area contributed by atoms with Crippen molar-refractivity contribution in [2.24, 2.45) is 0 Å². The number of pyridine rings is 1. The second kappa shape index (κ2) is 8.29. The summed E-state index contributed by atoms with van der Waals surface area (Å²) in [7, 11) is 3.51. The Kier molecular flexibility index (Phi) is 5.60. The van der Waals surface area contributed by atoms with Gasteiger partial charge in [0.1, 0.15) is 5.75 Å². The molecule has 0 aliphatic carbocycles. The standard InChI is InChI=1S/C24H28N2O2/c1-17-6-7-19-14-20(15-26-12-4-5-22(16-26)28-3)24(25-23(19)13-17)18-8-10-21(27-2)11-9-18/h6-11,13-14,22H,4-5,12,15-16H2,1-3H3. The van der Waals surface area contributed by atoms with Gasteiger partial charge in [0, 0.05) is 31.1 Å². The van der Waals surface area contributed by atoms with E-state index in [4.69, 9.17) is 14.5 Å². The van der Waals surface area contributed by atoms with Crippen LogP contribution in [0.3, 0.4) is 0 Å². The Morgan fingerprint density at radius 1 is 1.07 bits per heavy atom. The number of likely N-dealkylation sites (tertiary alicyclic amines) is 1. The molecule has 0 amide bonds. The van der Waals surface area contributed by atoms with Gasteiger partial charge in [-0.25, -0.2) is 4.98 Å². The van der Waals surface area contributed by atoms with E-state index in [9.17, 15) is 0 Å². The smallest absolute Gasteiger partial charge is 0.118 e. The number of piperidine rings is 1. The molecule has 1 atom stereocenters. The predicted octanol–water partition coefficient (Wildman–Crippen LogP) is 4.83. The maximum Gasteiger partial charge on any atom is 0.118 e. The van der Waals surface area contributed by atoms with Crippen molar-refractivity contribution in [1.29, 1.82) is 0 Å². The van der Waals surface area contributed by atoms with Crippen LogP contribution >= 0.6 is 0 Å². The van der Waals surface area contributed by atoms with Crippen molar-refractivity contribution >= 4 is 10.9 Å². The normalized spacial score (nSPS) is 17.8. The minimum absolute atomic E-state index is 0.328. The van der Waals surface area contributed by atoms with Crippen molar-refractivity contribution in [3.63, 3.8) is 0 Å². The first kappa shape index (κ1) is 18.9. The molecule has 3 aromatic rings. The molecule has 4 nitrogen and oxygen atoms in total. The highest BCUT2D eigenvalue weighted by Crippen LogP contribution is 2.29. The first-order valence-electron chi connectivity index (χ1n) is 9.96. The number of methoxy groups -OCH3 is 2. The fourth-order valence-electron chi connectivity index (χ4n) is 4.03. The van der Waals surface area contributed by atoms with Crippen LogP contribution < -0.4 is 4.74 Å². The Morgan fingerprint density at radius 2 is 1.89 bits per heavy atom. The van der Waals surface area contributed by atoms with E-state index in [1.807, 2.05) is 19.2 Å². The Bertz CT molecular complexity index is 953. The molecule has 0 saturated carbocycles. The summed E-state index contributed by atoms with van der Waals surface area (Å²) in [6.07, 6.45) is 2.65. The SMILES string of the molecule is COc1ccc(-c2nc3cc(C)ccc3cc2CN2CCCC(OC)C2)cc1. The molecule has 4 heteroatoms. The monoisotopic (exact) mass is 376 g/mol. The molecule has 28 heavy (non-hydrogen) atoms. The van der Waals surface area contributed by atoms with Gasteiger partial charge in [-0.15, -0.1) is 0 Å². The number of hydrogen-bond donors (Lipinski definition) is 0. The van der Waals surface area contributed by atoms with Gasteiger partial charge in [0.25, 0.3) is 0 Å². The fourth-order valence-corrected chi connectivity index (χ4v) is 4.03. The van der Waals surface area contributed by atoms with Crippen molar-refractivity contribution in [3.8, 4) is 17.0 Å². The highest BCUT2D eigenvalue weighted by Gasteiger charge is 2.21. The van der Waals surface area contributed by atoms with E-state index >= 15 is 0 Å². The minimum Gasteiger partial charge on any atom is -0.497 e.